The number of amides is 1. The molecule has 4 atom stereocenters. The molecule has 1 amide bonds. The average Bonchev–Trinajstić information content (AvgIpc) is 2.82. The number of hydrogen-bond donors (Lipinski definition) is 2. The van der Waals surface area contributed by atoms with Crippen molar-refractivity contribution in [2.75, 3.05) is 13.2 Å². The molecule has 2 aliphatic rings. The maximum absolute atomic E-state index is 12.2. The highest BCUT2D eigenvalue weighted by molar-refractivity contribution is 5.79. The van der Waals surface area contributed by atoms with E-state index in [1.165, 1.54) is 0 Å². The highest BCUT2D eigenvalue weighted by atomic mass is 16.5. The van der Waals surface area contributed by atoms with Crippen molar-refractivity contribution in [1.82, 2.24) is 10.6 Å². The summed E-state index contributed by atoms with van der Waals surface area (Å²) < 4.78 is 5.60. The Morgan fingerprint density at radius 2 is 2.24 bits per heavy atom. The van der Waals surface area contributed by atoms with Gasteiger partial charge in [-0.25, -0.2) is 0 Å². The molecule has 2 rings (SSSR count). The molecule has 4 heteroatoms. The minimum absolute atomic E-state index is 0.118. The quantitative estimate of drug-likeness (QED) is 0.775. The van der Waals surface area contributed by atoms with Gasteiger partial charge in [0, 0.05) is 12.6 Å². The highest BCUT2D eigenvalue weighted by Crippen LogP contribution is 2.19. The van der Waals surface area contributed by atoms with Crippen LogP contribution >= 0.6 is 0 Å². The third-order valence-electron chi connectivity index (χ3n) is 3.99. The summed E-state index contributed by atoms with van der Waals surface area (Å²) in [5.74, 6) is 0.306. The molecule has 0 radical (unpaired) electrons. The van der Waals surface area contributed by atoms with Gasteiger partial charge >= 0.3 is 0 Å². The standard InChI is InChI=1S/C13H24N2O2/c1-9-11(5-3-7-14-9)13(16)15-10(2)12-6-4-8-17-12/h9-12,14H,3-8H2,1-2H3,(H,15,16). The number of carbonyl (C=O) groups is 1. The van der Waals surface area contributed by atoms with E-state index in [1.807, 2.05) is 0 Å². The minimum atomic E-state index is 0.118. The van der Waals surface area contributed by atoms with E-state index in [0.29, 0.717) is 6.04 Å². The van der Waals surface area contributed by atoms with Gasteiger partial charge in [0.15, 0.2) is 0 Å². The van der Waals surface area contributed by atoms with Crippen molar-refractivity contribution >= 4 is 5.91 Å². The van der Waals surface area contributed by atoms with Gasteiger partial charge in [-0.05, 0) is 46.1 Å². The van der Waals surface area contributed by atoms with Crippen molar-refractivity contribution in [2.45, 2.75) is 57.7 Å². The van der Waals surface area contributed by atoms with Crippen molar-refractivity contribution in [3.8, 4) is 0 Å². The van der Waals surface area contributed by atoms with E-state index in [0.717, 1.165) is 38.8 Å². The molecule has 2 aliphatic heterocycles. The van der Waals surface area contributed by atoms with Crippen molar-refractivity contribution < 1.29 is 9.53 Å². The molecule has 0 aromatic rings. The second-order valence-electron chi connectivity index (χ2n) is 5.34. The third kappa shape index (κ3) is 3.19. The Kier molecular flexibility index (Phi) is 4.40. The molecular formula is C13H24N2O2. The van der Waals surface area contributed by atoms with Gasteiger partial charge in [-0.15, -0.1) is 0 Å². The van der Waals surface area contributed by atoms with Gasteiger partial charge in [-0.1, -0.05) is 0 Å². The summed E-state index contributed by atoms with van der Waals surface area (Å²) in [6.45, 7) is 6.02. The lowest BCUT2D eigenvalue weighted by molar-refractivity contribution is -0.128. The predicted octanol–water partition coefficient (Wildman–Crippen LogP) is 1.06. The summed E-state index contributed by atoms with van der Waals surface area (Å²) in [5, 5.41) is 6.48. The summed E-state index contributed by atoms with van der Waals surface area (Å²) in [7, 11) is 0. The van der Waals surface area contributed by atoms with E-state index in [-0.39, 0.29) is 24.0 Å². The number of hydrogen-bond acceptors (Lipinski definition) is 3. The molecule has 4 nitrogen and oxygen atoms in total. The Balaban J connectivity index is 1.82. The molecule has 2 saturated heterocycles. The SMILES string of the molecule is CC(NC(=O)C1CCCNC1C)C1CCCO1. The average molecular weight is 240 g/mol. The lowest BCUT2D eigenvalue weighted by atomic mass is 9.91. The molecule has 0 aliphatic carbocycles. The van der Waals surface area contributed by atoms with Crippen LogP contribution in [0.3, 0.4) is 0 Å². The van der Waals surface area contributed by atoms with Crippen molar-refractivity contribution in [2.24, 2.45) is 5.92 Å². The van der Waals surface area contributed by atoms with Crippen LogP contribution in [0.25, 0.3) is 0 Å². The van der Waals surface area contributed by atoms with Crippen LogP contribution in [0.1, 0.15) is 39.5 Å². The van der Waals surface area contributed by atoms with E-state index < -0.39 is 0 Å². The third-order valence-corrected chi connectivity index (χ3v) is 3.99. The van der Waals surface area contributed by atoms with Crippen LogP contribution in [0.15, 0.2) is 0 Å². The Morgan fingerprint density at radius 1 is 1.41 bits per heavy atom. The van der Waals surface area contributed by atoms with E-state index in [4.69, 9.17) is 4.74 Å². The number of piperidine rings is 1. The first kappa shape index (κ1) is 12.8. The lowest BCUT2D eigenvalue weighted by Crippen LogP contribution is -2.50. The van der Waals surface area contributed by atoms with Gasteiger partial charge in [-0.3, -0.25) is 4.79 Å². The van der Waals surface area contributed by atoms with Gasteiger partial charge < -0.3 is 15.4 Å². The summed E-state index contributed by atoms with van der Waals surface area (Å²) in [5.41, 5.74) is 0. The fourth-order valence-electron chi connectivity index (χ4n) is 2.82. The zero-order chi connectivity index (χ0) is 12.3. The first-order valence-corrected chi connectivity index (χ1v) is 6.84. The smallest absolute Gasteiger partial charge is 0.224 e. The largest absolute Gasteiger partial charge is 0.376 e. The zero-order valence-electron chi connectivity index (χ0n) is 10.9. The van der Waals surface area contributed by atoms with Gasteiger partial charge in [0.05, 0.1) is 18.1 Å². The monoisotopic (exact) mass is 240 g/mol. The molecule has 2 fully saturated rings. The highest BCUT2D eigenvalue weighted by Gasteiger charge is 2.30. The summed E-state index contributed by atoms with van der Waals surface area (Å²) in [6.07, 6.45) is 4.49. The van der Waals surface area contributed by atoms with E-state index >= 15 is 0 Å². The molecule has 2 heterocycles. The minimum Gasteiger partial charge on any atom is -0.376 e. The normalized spacial score (nSPS) is 35.5. The number of nitrogens with one attached hydrogen (secondary N) is 2. The maximum atomic E-state index is 12.2. The summed E-state index contributed by atoms with van der Waals surface area (Å²) in [4.78, 5) is 12.2. The molecule has 4 unspecified atom stereocenters. The molecule has 2 N–H and O–H groups in total. The molecule has 0 saturated carbocycles. The molecule has 0 spiro atoms. The van der Waals surface area contributed by atoms with Crippen LogP contribution in [0.4, 0.5) is 0 Å². The second-order valence-corrected chi connectivity index (χ2v) is 5.34. The molecule has 0 aromatic heterocycles. The van der Waals surface area contributed by atoms with Gasteiger partial charge in [-0.2, -0.15) is 0 Å². The fraction of sp³-hybridized carbons (Fsp3) is 0.923. The molecule has 0 aromatic carbocycles. The molecular weight excluding hydrogens is 216 g/mol. The Bertz CT molecular complexity index is 264. The zero-order valence-corrected chi connectivity index (χ0v) is 10.9. The first-order valence-electron chi connectivity index (χ1n) is 6.84. The molecule has 17 heavy (non-hydrogen) atoms. The second kappa shape index (κ2) is 5.83. The number of ether oxygens (including phenoxy) is 1. The maximum Gasteiger partial charge on any atom is 0.224 e. The topological polar surface area (TPSA) is 50.4 Å². The van der Waals surface area contributed by atoms with Gasteiger partial charge in [0.2, 0.25) is 5.91 Å². The predicted molar refractivity (Wildman–Crippen MR) is 66.8 cm³/mol. The molecule has 0 bridgehead atoms. The van der Waals surface area contributed by atoms with Crippen LogP contribution in [0.2, 0.25) is 0 Å². The van der Waals surface area contributed by atoms with Crippen LogP contribution in [-0.4, -0.2) is 37.2 Å². The first-order chi connectivity index (χ1) is 8.18. The molecule has 98 valence electrons. The number of carbonyl (C=O) groups excluding carboxylic acids is 1. The summed E-state index contributed by atoms with van der Waals surface area (Å²) in [6, 6.07) is 0.430. The number of rotatable bonds is 3. The van der Waals surface area contributed by atoms with Crippen molar-refractivity contribution in [3.63, 3.8) is 0 Å². The van der Waals surface area contributed by atoms with E-state index in [2.05, 4.69) is 24.5 Å². The summed E-state index contributed by atoms with van der Waals surface area (Å²) >= 11 is 0. The van der Waals surface area contributed by atoms with E-state index in [1.54, 1.807) is 0 Å². The van der Waals surface area contributed by atoms with Crippen molar-refractivity contribution in [3.05, 3.63) is 0 Å². The van der Waals surface area contributed by atoms with Crippen molar-refractivity contribution in [1.29, 1.82) is 0 Å². The van der Waals surface area contributed by atoms with Gasteiger partial charge in [0.25, 0.3) is 0 Å². The van der Waals surface area contributed by atoms with Crippen LogP contribution in [0, 0.1) is 5.92 Å². The fourth-order valence-corrected chi connectivity index (χ4v) is 2.82. The van der Waals surface area contributed by atoms with Crippen LogP contribution in [-0.2, 0) is 9.53 Å². The van der Waals surface area contributed by atoms with Crippen LogP contribution in [0.5, 0.6) is 0 Å². The van der Waals surface area contributed by atoms with E-state index in [9.17, 15) is 4.79 Å². The Hall–Kier alpha value is -0.610. The Morgan fingerprint density at radius 3 is 2.88 bits per heavy atom. The van der Waals surface area contributed by atoms with Gasteiger partial charge in [0.1, 0.15) is 0 Å². The lowest BCUT2D eigenvalue weighted by Gasteiger charge is -2.31. The Labute approximate surface area is 103 Å². The van der Waals surface area contributed by atoms with Crippen LogP contribution < -0.4 is 10.6 Å².